The Morgan fingerprint density at radius 2 is 2.19 bits per heavy atom. The number of carbonyl (C=O) groups is 1. The van der Waals surface area contributed by atoms with Crippen molar-refractivity contribution in [2.24, 2.45) is 17.6 Å². The largest absolute Gasteiger partial charge is 0.330 e. The Morgan fingerprint density at radius 1 is 1.50 bits per heavy atom. The smallest absolute Gasteiger partial charge is 0.164 e. The number of hydrogen-bond donors (Lipinski definition) is 1. The minimum Gasteiger partial charge on any atom is -0.330 e. The molecule has 1 aromatic rings. The molecule has 16 heavy (non-hydrogen) atoms. The lowest BCUT2D eigenvalue weighted by Crippen LogP contribution is -2.20. The molecular formula is C13H21NOS. The molecule has 0 spiro atoms. The second kappa shape index (κ2) is 6.16. The Labute approximate surface area is 102 Å². The van der Waals surface area contributed by atoms with Crippen molar-refractivity contribution < 1.29 is 4.79 Å². The van der Waals surface area contributed by atoms with Gasteiger partial charge in [0, 0.05) is 16.9 Å². The zero-order chi connectivity index (χ0) is 12.1. The maximum Gasteiger partial charge on any atom is 0.164 e. The number of aryl methyl sites for hydroxylation is 1. The summed E-state index contributed by atoms with van der Waals surface area (Å²) < 4.78 is 0. The van der Waals surface area contributed by atoms with Crippen LogP contribution in [0.3, 0.4) is 0 Å². The minimum atomic E-state index is 0.245. The molecule has 1 aromatic heterocycles. The van der Waals surface area contributed by atoms with Gasteiger partial charge in [-0.3, -0.25) is 4.79 Å². The molecule has 0 aliphatic heterocycles. The van der Waals surface area contributed by atoms with Crippen LogP contribution in [0, 0.1) is 18.8 Å². The fourth-order valence-corrected chi connectivity index (χ4v) is 2.69. The van der Waals surface area contributed by atoms with E-state index in [1.807, 2.05) is 18.4 Å². The molecule has 0 saturated carbocycles. The van der Waals surface area contributed by atoms with Crippen LogP contribution in [0.5, 0.6) is 0 Å². The fourth-order valence-electron chi connectivity index (χ4n) is 1.98. The van der Waals surface area contributed by atoms with Crippen LogP contribution in [-0.2, 0) is 0 Å². The standard InChI is InChI=1S/C13H21NOS/c1-9(2)6-11(8-14)7-13(15)12-4-5-16-10(12)3/h4-5,9,11H,6-8,14H2,1-3H3. The van der Waals surface area contributed by atoms with Gasteiger partial charge in [0.25, 0.3) is 0 Å². The van der Waals surface area contributed by atoms with Crippen molar-refractivity contribution in [3.63, 3.8) is 0 Å². The van der Waals surface area contributed by atoms with E-state index in [1.165, 1.54) is 0 Å². The summed E-state index contributed by atoms with van der Waals surface area (Å²) >= 11 is 1.63. The molecule has 1 rings (SSSR count). The number of ketones is 1. The lowest BCUT2D eigenvalue weighted by molar-refractivity contribution is 0.0957. The topological polar surface area (TPSA) is 43.1 Å². The minimum absolute atomic E-state index is 0.245. The predicted molar refractivity (Wildman–Crippen MR) is 70.0 cm³/mol. The summed E-state index contributed by atoms with van der Waals surface area (Å²) in [5, 5.41) is 1.97. The quantitative estimate of drug-likeness (QED) is 0.774. The lowest BCUT2D eigenvalue weighted by Gasteiger charge is -2.15. The van der Waals surface area contributed by atoms with Crippen LogP contribution in [-0.4, -0.2) is 12.3 Å². The first-order valence-corrected chi connectivity index (χ1v) is 6.70. The molecule has 0 bridgehead atoms. The van der Waals surface area contributed by atoms with Crippen LogP contribution in [0.1, 0.15) is 41.9 Å². The number of carbonyl (C=O) groups excluding carboxylic acids is 1. The molecule has 2 nitrogen and oxygen atoms in total. The number of nitrogens with two attached hydrogens (primary N) is 1. The number of Topliss-reactive ketones (excluding diaryl/α,β-unsaturated/α-hetero) is 1. The summed E-state index contributed by atoms with van der Waals surface area (Å²) in [6, 6.07) is 1.92. The Morgan fingerprint density at radius 3 is 2.62 bits per heavy atom. The van der Waals surface area contributed by atoms with E-state index in [0.717, 1.165) is 16.9 Å². The van der Waals surface area contributed by atoms with E-state index in [0.29, 0.717) is 24.8 Å². The molecule has 1 heterocycles. The Bertz CT molecular complexity index is 343. The zero-order valence-corrected chi connectivity index (χ0v) is 11.1. The summed E-state index contributed by atoms with van der Waals surface area (Å²) in [5.74, 6) is 1.17. The van der Waals surface area contributed by atoms with Gasteiger partial charge in [-0.25, -0.2) is 0 Å². The van der Waals surface area contributed by atoms with Crippen LogP contribution < -0.4 is 5.73 Å². The molecule has 0 radical (unpaired) electrons. The van der Waals surface area contributed by atoms with E-state index < -0.39 is 0 Å². The summed E-state index contributed by atoms with van der Waals surface area (Å²) in [6.45, 7) is 6.94. The first-order chi connectivity index (χ1) is 7.54. The highest BCUT2D eigenvalue weighted by molar-refractivity contribution is 7.10. The van der Waals surface area contributed by atoms with Crippen LogP contribution in [0.2, 0.25) is 0 Å². The van der Waals surface area contributed by atoms with Crippen molar-refractivity contribution in [1.29, 1.82) is 0 Å². The monoisotopic (exact) mass is 239 g/mol. The molecule has 3 heteroatoms. The van der Waals surface area contributed by atoms with E-state index in [2.05, 4.69) is 13.8 Å². The van der Waals surface area contributed by atoms with Crippen molar-refractivity contribution in [3.8, 4) is 0 Å². The molecule has 1 atom stereocenters. The van der Waals surface area contributed by atoms with Crippen LogP contribution >= 0.6 is 11.3 Å². The summed E-state index contributed by atoms with van der Waals surface area (Å²) in [7, 11) is 0. The van der Waals surface area contributed by atoms with E-state index >= 15 is 0 Å². The Kier molecular flexibility index (Phi) is 5.16. The van der Waals surface area contributed by atoms with Gasteiger partial charge < -0.3 is 5.73 Å². The van der Waals surface area contributed by atoms with E-state index in [1.54, 1.807) is 11.3 Å². The molecule has 0 amide bonds. The van der Waals surface area contributed by atoms with Gasteiger partial charge in [0.15, 0.2) is 5.78 Å². The van der Waals surface area contributed by atoms with Gasteiger partial charge in [0.2, 0.25) is 0 Å². The van der Waals surface area contributed by atoms with Gasteiger partial charge in [-0.2, -0.15) is 0 Å². The van der Waals surface area contributed by atoms with E-state index in [-0.39, 0.29) is 5.78 Å². The molecular weight excluding hydrogens is 218 g/mol. The fraction of sp³-hybridized carbons (Fsp3) is 0.615. The van der Waals surface area contributed by atoms with E-state index in [9.17, 15) is 4.79 Å². The summed E-state index contributed by atoms with van der Waals surface area (Å²) in [5.41, 5.74) is 6.59. The van der Waals surface area contributed by atoms with Crippen molar-refractivity contribution in [3.05, 3.63) is 21.9 Å². The molecule has 90 valence electrons. The second-order valence-corrected chi connectivity index (χ2v) is 5.87. The maximum absolute atomic E-state index is 12.0. The normalized spacial score (nSPS) is 13.1. The molecule has 2 N–H and O–H groups in total. The molecule has 0 saturated heterocycles. The third-order valence-electron chi connectivity index (χ3n) is 2.77. The Hall–Kier alpha value is -0.670. The first kappa shape index (κ1) is 13.4. The summed E-state index contributed by atoms with van der Waals surface area (Å²) in [4.78, 5) is 13.1. The highest BCUT2D eigenvalue weighted by atomic mass is 32.1. The summed E-state index contributed by atoms with van der Waals surface area (Å²) in [6.07, 6.45) is 1.62. The molecule has 1 unspecified atom stereocenters. The van der Waals surface area contributed by atoms with Crippen LogP contribution in [0.15, 0.2) is 11.4 Å². The van der Waals surface area contributed by atoms with Gasteiger partial charge in [-0.05, 0) is 43.2 Å². The van der Waals surface area contributed by atoms with Gasteiger partial charge in [0.1, 0.15) is 0 Å². The van der Waals surface area contributed by atoms with Gasteiger partial charge in [-0.1, -0.05) is 13.8 Å². The molecule has 0 aliphatic carbocycles. The molecule has 0 fully saturated rings. The average molecular weight is 239 g/mol. The van der Waals surface area contributed by atoms with Crippen LogP contribution in [0.4, 0.5) is 0 Å². The van der Waals surface area contributed by atoms with E-state index in [4.69, 9.17) is 5.73 Å². The van der Waals surface area contributed by atoms with Gasteiger partial charge >= 0.3 is 0 Å². The second-order valence-electron chi connectivity index (χ2n) is 4.75. The zero-order valence-electron chi connectivity index (χ0n) is 10.3. The van der Waals surface area contributed by atoms with Crippen molar-refractivity contribution in [2.45, 2.75) is 33.6 Å². The molecule has 0 aliphatic rings. The Balaban J connectivity index is 2.59. The molecule has 0 aromatic carbocycles. The van der Waals surface area contributed by atoms with Gasteiger partial charge in [0.05, 0.1) is 0 Å². The lowest BCUT2D eigenvalue weighted by atomic mass is 9.91. The highest BCUT2D eigenvalue weighted by Gasteiger charge is 2.17. The van der Waals surface area contributed by atoms with Crippen molar-refractivity contribution in [2.75, 3.05) is 6.54 Å². The van der Waals surface area contributed by atoms with Crippen LogP contribution in [0.25, 0.3) is 0 Å². The highest BCUT2D eigenvalue weighted by Crippen LogP contribution is 2.21. The first-order valence-electron chi connectivity index (χ1n) is 5.82. The van der Waals surface area contributed by atoms with Gasteiger partial charge in [-0.15, -0.1) is 11.3 Å². The van der Waals surface area contributed by atoms with Crippen molar-refractivity contribution >= 4 is 17.1 Å². The third kappa shape index (κ3) is 3.72. The van der Waals surface area contributed by atoms with Crippen molar-refractivity contribution in [1.82, 2.24) is 0 Å². The number of hydrogen-bond acceptors (Lipinski definition) is 3. The predicted octanol–water partition coefficient (Wildman–Crippen LogP) is 3.25. The maximum atomic E-state index is 12.0. The number of thiophene rings is 1. The third-order valence-corrected chi connectivity index (χ3v) is 3.62. The average Bonchev–Trinajstić information content (AvgIpc) is 2.62. The SMILES string of the molecule is Cc1sccc1C(=O)CC(CN)CC(C)C. The number of rotatable bonds is 6.